The molecule has 1 fully saturated rings. The molecule has 3 aromatic rings. The lowest BCUT2D eigenvalue weighted by Gasteiger charge is -2.35. The number of nitrogens with zero attached hydrogens (tertiary/aromatic N) is 6. The number of aromatic nitrogens is 4. The first-order valence-electron chi connectivity index (χ1n) is 11.2. The van der Waals surface area contributed by atoms with E-state index in [0.717, 1.165) is 61.7 Å². The molecule has 0 saturated carbocycles. The maximum absolute atomic E-state index is 12.7. The highest BCUT2D eigenvalue weighted by Gasteiger charge is 2.25. The zero-order valence-corrected chi connectivity index (χ0v) is 18.6. The van der Waals surface area contributed by atoms with Crippen molar-refractivity contribution < 1.29 is 14.3 Å². The van der Waals surface area contributed by atoms with E-state index in [0.29, 0.717) is 18.6 Å². The number of carbonyl (C=O) groups is 2. The number of hydrogen-bond acceptors (Lipinski definition) is 7. The molecule has 4 heterocycles. The molecule has 0 bridgehead atoms. The van der Waals surface area contributed by atoms with E-state index in [2.05, 4.69) is 26.9 Å². The quantitative estimate of drug-likeness (QED) is 0.531. The van der Waals surface area contributed by atoms with E-state index in [-0.39, 0.29) is 11.9 Å². The van der Waals surface area contributed by atoms with Crippen LogP contribution in [0.2, 0.25) is 0 Å². The number of esters is 1. The van der Waals surface area contributed by atoms with Gasteiger partial charge in [-0.2, -0.15) is 5.10 Å². The fourth-order valence-corrected chi connectivity index (χ4v) is 4.43. The average Bonchev–Trinajstić information content (AvgIpc) is 3.50. The Bertz CT molecular complexity index is 1150. The summed E-state index contributed by atoms with van der Waals surface area (Å²) in [5.74, 6) is -0.114. The highest BCUT2D eigenvalue weighted by Crippen LogP contribution is 2.26. The van der Waals surface area contributed by atoms with Gasteiger partial charge in [0.2, 0.25) is 5.91 Å². The molecule has 1 aromatic carbocycles. The summed E-state index contributed by atoms with van der Waals surface area (Å²) in [5.41, 5.74) is 5.71. The van der Waals surface area contributed by atoms with Gasteiger partial charge in [0, 0.05) is 44.0 Å². The first-order chi connectivity index (χ1) is 16.1. The van der Waals surface area contributed by atoms with Crippen LogP contribution in [0.1, 0.15) is 32.7 Å². The van der Waals surface area contributed by atoms with Crippen LogP contribution in [0.25, 0.3) is 5.69 Å². The second-order valence-corrected chi connectivity index (χ2v) is 8.45. The molecule has 0 spiro atoms. The lowest BCUT2D eigenvalue weighted by atomic mass is 9.96. The summed E-state index contributed by atoms with van der Waals surface area (Å²) in [5, 5.41) is 4.08. The molecule has 1 saturated heterocycles. The van der Waals surface area contributed by atoms with Crippen molar-refractivity contribution in [1.29, 1.82) is 0 Å². The number of carbonyl (C=O) groups excluding carboxylic acids is 2. The molecule has 0 atom stereocenters. The highest BCUT2D eigenvalue weighted by molar-refractivity contribution is 5.93. The second kappa shape index (κ2) is 9.11. The smallest absolute Gasteiger partial charge is 0.338 e. The SMILES string of the molecule is Cc1c(CCN2CCN(C(=O)Cc3ccc(-n4cncn4)cn3)CC2)ccc2c1COC2=O. The predicted octanol–water partition coefficient (Wildman–Crippen LogP) is 1.57. The minimum atomic E-state index is -0.221. The van der Waals surface area contributed by atoms with E-state index in [1.54, 1.807) is 17.2 Å². The van der Waals surface area contributed by atoms with Gasteiger partial charge in [0.1, 0.15) is 19.3 Å². The van der Waals surface area contributed by atoms with Crippen molar-refractivity contribution >= 4 is 11.9 Å². The summed E-state index contributed by atoms with van der Waals surface area (Å²) in [7, 11) is 0. The zero-order valence-electron chi connectivity index (χ0n) is 18.6. The van der Waals surface area contributed by atoms with Crippen LogP contribution in [-0.4, -0.2) is 74.1 Å². The Morgan fingerprint density at radius 2 is 1.97 bits per heavy atom. The van der Waals surface area contributed by atoms with E-state index in [9.17, 15) is 9.59 Å². The summed E-state index contributed by atoms with van der Waals surface area (Å²) < 4.78 is 6.79. The van der Waals surface area contributed by atoms with E-state index in [1.165, 1.54) is 11.9 Å². The van der Waals surface area contributed by atoms with E-state index in [4.69, 9.17) is 4.74 Å². The number of hydrogen-bond donors (Lipinski definition) is 0. The zero-order chi connectivity index (χ0) is 22.8. The molecule has 5 rings (SSSR count). The molecule has 0 aliphatic carbocycles. The van der Waals surface area contributed by atoms with Gasteiger partial charge in [-0.05, 0) is 42.7 Å². The predicted molar refractivity (Wildman–Crippen MR) is 120 cm³/mol. The van der Waals surface area contributed by atoms with E-state index >= 15 is 0 Å². The summed E-state index contributed by atoms with van der Waals surface area (Å²) >= 11 is 0. The average molecular weight is 447 g/mol. The second-order valence-electron chi connectivity index (χ2n) is 8.45. The summed E-state index contributed by atoms with van der Waals surface area (Å²) in [6.45, 7) is 6.54. The third kappa shape index (κ3) is 4.49. The molecule has 9 nitrogen and oxygen atoms in total. The van der Waals surface area contributed by atoms with Crippen LogP contribution < -0.4 is 0 Å². The fourth-order valence-electron chi connectivity index (χ4n) is 4.43. The van der Waals surface area contributed by atoms with Gasteiger partial charge in [-0.25, -0.2) is 14.5 Å². The Morgan fingerprint density at radius 1 is 1.12 bits per heavy atom. The van der Waals surface area contributed by atoms with Gasteiger partial charge in [0.15, 0.2) is 0 Å². The fraction of sp³-hybridized carbons (Fsp3) is 0.375. The van der Waals surface area contributed by atoms with E-state index in [1.807, 2.05) is 29.2 Å². The Labute approximate surface area is 192 Å². The van der Waals surface area contributed by atoms with Gasteiger partial charge >= 0.3 is 5.97 Å². The molecule has 1 amide bonds. The maximum atomic E-state index is 12.7. The summed E-state index contributed by atoms with van der Waals surface area (Å²) in [6, 6.07) is 7.69. The van der Waals surface area contributed by atoms with Crippen molar-refractivity contribution in [3.05, 3.63) is 71.1 Å². The Morgan fingerprint density at radius 3 is 2.70 bits per heavy atom. The number of rotatable bonds is 6. The monoisotopic (exact) mass is 446 g/mol. The largest absolute Gasteiger partial charge is 0.457 e. The van der Waals surface area contributed by atoms with Gasteiger partial charge in [-0.1, -0.05) is 6.07 Å². The van der Waals surface area contributed by atoms with Crippen LogP contribution in [0, 0.1) is 6.92 Å². The molecular weight excluding hydrogens is 420 g/mol. The molecule has 33 heavy (non-hydrogen) atoms. The van der Waals surface area contributed by atoms with Crippen molar-refractivity contribution in [1.82, 2.24) is 29.5 Å². The first kappa shape index (κ1) is 21.3. The molecule has 2 aromatic heterocycles. The Balaban J connectivity index is 1.10. The van der Waals surface area contributed by atoms with Crippen molar-refractivity contribution in [2.24, 2.45) is 0 Å². The molecule has 2 aliphatic rings. The van der Waals surface area contributed by atoms with Crippen LogP contribution in [0.4, 0.5) is 0 Å². The number of ether oxygens (including phenoxy) is 1. The molecule has 0 radical (unpaired) electrons. The number of piperazine rings is 1. The lowest BCUT2D eigenvalue weighted by molar-refractivity contribution is -0.132. The van der Waals surface area contributed by atoms with Crippen LogP contribution in [-0.2, 0) is 29.0 Å². The topological polar surface area (TPSA) is 93.5 Å². The molecule has 170 valence electrons. The Kier molecular flexibility index (Phi) is 5.87. The van der Waals surface area contributed by atoms with Crippen molar-refractivity contribution in [3.63, 3.8) is 0 Å². The van der Waals surface area contributed by atoms with Crippen LogP contribution in [0.5, 0.6) is 0 Å². The number of amides is 1. The summed E-state index contributed by atoms with van der Waals surface area (Å²) in [6.07, 6.45) is 6.01. The normalized spacial score (nSPS) is 16.0. The molecule has 2 aliphatic heterocycles. The third-order valence-electron chi connectivity index (χ3n) is 6.53. The number of pyridine rings is 1. The third-order valence-corrected chi connectivity index (χ3v) is 6.53. The number of cyclic esters (lactones) is 1. The molecular formula is C24H26N6O3. The van der Waals surface area contributed by atoms with Gasteiger partial charge in [0.05, 0.1) is 23.9 Å². The van der Waals surface area contributed by atoms with Crippen LogP contribution >= 0.6 is 0 Å². The number of benzene rings is 1. The van der Waals surface area contributed by atoms with Gasteiger partial charge in [0.25, 0.3) is 0 Å². The molecule has 0 unspecified atom stereocenters. The van der Waals surface area contributed by atoms with Gasteiger partial charge in [-0.15, -0.1) is 0 Å². The standard InChI is InChI=1S/C24H26N6O3/c1-17-18(2-5-21-22(17)14-33-24(21)32)6-7-28-8-10-29(11-9-28)23(31)12-19-3-4-20(13-26-19)30-16-25-15-27-30/h2-5,13,15-16H,6-12,14H2,1H3. The van der Waals surface area contributed by atoms with Gasteiger partial charge in [-0.3, -0.25) is 14.7 Å². The van der Waals surface area contributed by atoms with Crippen LogP contribution in [0.15, 0.2) is 43.1 Å². The lowest BCUT2D eigenvalue weighted by Crippen LogP contribution is -2.49. The van der Waals surface area contributed by atoms with Crippen molar-refractivity contribution in [2.45, 2.75) is 26.4 Å². The maximum Gasteiger partial charge on any atom is 0.338 e. The minimum Gasteiger partial charge on any atom is -0.457 e. The van der Waals surface area contributed by atoms with Crippen molar-refractivity contribution in [3.8, 4) is 5.69 Å². The van der Waals surface area contributed by atoms with Gasteiger partial charge < -0.3 is 9.64 Å². The molecule has 0 N–H and O–H groups in total. The van der Waals surface area contributed by atoms with Crippen LogP contribution in [0.3, 0.4) is 0 Å². The highest BCUT2D eigenvalue weighted by atomic mass is 16.5. The molecule has 9 heteroatoms. The minimum absolute atomic E-state index is 0.106. The Hall–Kier alpha value is -3.59. The number of fused-ring (bicyclic) bond motifs is 1. The first-order valence-corrected chi connectivity index (χ1v) is 11.2. The van der Waals surface area contributed by atoms with Crippen molar-refractivity contribution in [2.75, 3.05) is 32.7 Å². The summed E-state index contributed by atoms with van der Waals surface area (Å²) in [4.78, 5) is 37.1. The van der Waals surface area contributed by atoms with E-state index < -0.39 is 0 Å².